The van der Waals surface area contributed by atoms with Gasteiger partial charge in [-0.1, -0.05) is 50.2 Å². The first-order valence-corrected chi connectivity index (χ1v) is 9.03. The van der Waals surface area contributed by atoms with Gasteiger partial charge >= 0.3 is 0 Å². The van der Waals surface area contributed by atoms with Gasteiger partial charge in [0.05, 0.1) is 5.52 Å². The fourth-order valence-corrected chi connectivity index (χ4v) is 3.03. The van der Waals surface area contributed by atoms with Gasteiger partial charge in [0, 0.05) is 37.1 Å². The lowest BCUT2D eigenvalue weighted by molar-refractivity contribution is 0.503. The maximum absolute atomic E-state index is 13.5. The van der Waals surface area contributed by atoms with E-state index in [1.165, 1.54) is 6.07 Å². The molecule has 4 nitrogen and oxygen atoms in total. The molecule has 3 aromatic rings. The van der Waals surface area contributed by atoms with Crippen LogP contribution in [0, 0.1) is 5.82 Å². The number of nitrogens with one attached hydrogen (secondary N) is 2. The van der Waals surface area contributed by atoms with Crippen molar-refractivity contribution in [2.75, 3.05) is 13.6 Å². The predicted octanol–water partition coefficient (Wildman–Crippen LogP) is 4.63. The van der Waals surface area contributed by atoms with E-state index in [-0.39, 0.29) is 35.2 Å². The topological polar surface area (TPSA) is 49.3 Å². The number of fused-ring (bicyclic) bond motifs is 1. The molecule has 0 spiro atoms. The number of para-hydroxylation sites is 1. The normalized spacial score (nSPS) is 11.8. The molecule has 0 atom stereocenters. The van der Waals surface area contributed by atoms with Crippen LogP contribution in [0.1, 0.15) is 25.0 Å². The summed E-state index contributed by atoms with van der Waals surface area (Å²) in [5.74, 6) is 0.485. The summed E-state index contributed by atoms with van der Waals surface area (Å²) in [4.78, 5) is 8.78. The van der Waals surface area contributed by atoms with Crippen LogP contribution < -0.4 is 10.6 Å². The van der Waals surface area contributed by atoms with Crippen molar-refractivity contribution >= 4 is 40.8 Å². The van der Waals surface area contributed by atoms with Crippen LogP contribution in [0.15, 0.2) is 65.8 Å². The number of pyridine rings is 1. The van der Waals surface area contributed by atoms with E-state index >= 15 is 0 Å². The van der Waals surface area contributed by atoms with Gasteiger partial charge in [-0.25, -0.2) is 4.39 Å². The van der Waals surface area contributed by atoms with Crippen molar-refractivity contribution in [1.29, 1.82) is 0 Å². The number of hydrogen-bond donors (Lipinski definition) is 2. The van der Waals surface area contributed by atoms with Crippen molar-refractivity contribution in [1.82, 2.24) is 15.6 Å². The maximum atomic E-state index is 13.5. The molecule has 2 aromatic carbocycles. The van der Waals surface area contributed by atoms with Crippen molar-refractivity contribution in [3.8, 4) is 0 Å². The van der Waals surface area contributed by atoms with E-state index in [2.05, 4.69) is 52.7 Å². The van der Waals surface area contributed by atoms with E-state index < -0.39 is 0 Å². The van der Waals surface area contributed by atoms with Gasteiger partial charge in [-0.3, -0.25) is 9.98 Å². The average molecular weight is 492 g/mol. The maximum Gasteiger partial charge on any atom is 0.191 e. The van der Waals surface area contributed by atoms with Gasteiger partial charge in [0.25, 0.3) is 0 Å². The number of hydrogen-bond acceptors (Lipinski definition) is 2. The van der Waals surface area contributed by atoms with Crippen LogP contribution in [0.3, 0.4) is 0 Å². The van der Waals surface area contributed by atoms with E-state index in [1.54, 1.807) is 25.4 Å². The van der Waals surface area contributed by atoms with Gasteiger partial charge in [-0.15, -0.1) is 24.0 Å². The highest BCUT2D eigenvalue weighted by Gasteiger charge is 2.21. The first kappa shape index (κ1) is 22.1. The molecular weight excluding hydrogens is 466 g/mol. The summed E-state index contributed by atoms with van der Waals surface area (Å²) >= 11 is 0. The summed E-state index contributed by atoms with van der Waals surface area (Å²) in [7, 11) is 1.74. The van der Waals surface area contributed by atoms with Gasteiger partial charge in [0.2, 0.25) is 0 Å². The first-order chi connectivity index (χ1) is 13.0. The fraction of sp³-hybridized carbons (Fsp3) is 0.273. The lowest BCUT2D eigenvalue weighted by atomic mass is 9.84. The molecule has 6 heteroatoms. The van der Waals surface area contributed by atoms with Crippen molar-refractivity contribution < 1.29 is 4.39 Å². The molecule has 0 amide bonds. The Kier molecular flexibility index (Phi) is 7.74. The van der Waals surface area contributed by atoms with Crippen LogP contribution in [0.4, 0.5) is 4.39 Å². The Labute approximate surface area is 182 Å². The molecule has 0 aliphatic heterocycles. The SMILES string of the molecule is CN=C(NCc1cccc2cccnc12)NCC(C)(C)c1cccc(F)c1.I. The Morgan fingerprint density at radius 3 is 2.57 bits per heavy atom. The molecule has 0 radical (unpaired) electrons. The Balaban J connectivity index is 0.00000280. The molecule has 1 heterocycles. The minimum atomic E-state index is -0.235. The largest absolute Gasteiger partial charge is 0.356 e. The Hall–Kier alpha value is -2.22. The summed E-state index contributed by atoms with van der Waals surface area (Å²) in [6.45, 7) is 5.41. The fourth-order valence-electron chi connectivity index (χ4n) is 3.03. The van der Waals surface area contributed by atoms with Gasteiger partial charge < -0.3 is 10.6 Å². The summed E-state index contributed by atoms with van der Waals surface area (Å²) in [5, 5.41) is 7.80. The zero-order valence-corrected chi connectivity index (χ0v) is 18.7. The molecule has 0 bridgehead atoms. The lowest BCUT2D eigenvalue weighted by Gasteiger charge is -2.27. The molecule has 148 valence electrons. The number of guanidine groups is 1. The van der Waals surface area contributed by atoms with E-state index in [0.717, 1.165) is 22.0 Å². The second-order valence-electron chi connectivity index (χ2n) is 7.17. The molecule has 0 aliphatic rings. The van der Waals surface area contributed by atoms with Gasteiger partial charge in [-0.05, 0) is 29.3 Å². The third-order valence-corrected chi connectivity index (χ3v) is 4.69. The Morgan fingerprint density at radius 2 is 1.82 bits per heavy atom. The molecule has 1 aromatic heterocycles. The molecule has 0 fully saturated rings. The molecule has 0 saturated carbocycles. The van der Waals surface area contributed by atoms with Gasteiger partial charge in [-0.2, -0.15) is 0 Å². The molecule has 0 aliphatic carbocycles. The lowest BCUT2D eigenvalue weighted by Crippen LogP contribution is -2.43. The van der Waals surface area contributed by atoms with Crippen molar-refractivity contribution in [2.45, 2.75) is 25.8 Å². The number of benzene rings is 2. The Bertz CT molecular complexity index is 951. The molecule has 0 saturated heterocycles. The van der Waals surface area contributed by atoms with Gasteiger partial charge in [0.15, 0.2) is 5.96 Å². The summed E-state index contributed by atoms with van der Waals surface area (Å²) in [6, 6.07) is 16.9. The summed E-state index contributed by atoms with van der Waals surface area (Å²) < 4.78 is 13.5. The highest BCUT2D eigenvalue weighted by Crippen LogP contribution is 2.22. The minimum absolute atomic E-state index is 0. The van der Waals surface area contributed by atoms with E-state index in [0.29, 0.717) is 19.0 Å². The van der Waals surface area contributed by atoms with Gasteiger partial charge in [0.1, 0.15) is 5.82 Å². The van der Waals surface area contributed by atoms with Crippen LogP contribution in [-0.2, 0) is 12.0 Å². The highest BCUT2D eigenvalue weighted by atomic mass is 127. The summed E-state index contributed by atoms with van der Waals surface area (Å²) in [5.41, 5.74) is 2.81. The average Bonchev–Trinajstić information content (AvgIpc) is 2.68. The zero-order chi connectivity index (χ0) is 19.3. The third kappa shape index (κ3) is 5.41. The Morgan fingerprint density at radius 1 is 1.07 bits per heavy atom. The van der Waals surface area contributed by atoms with E-state index in [9.17, 15) is 4.39 Å². The standard InChI is InChI=1S/C22H25FN4.HI/c1-22(2,18-10-5-11-19(23)13-18)15-27-21(24-3)26-14-17-8-4-7-16-9-6-12-25-20(16)17;/h4-13H,14-15H2,1-3H3,(H2,24,26,27);1H. The third-order valence-electron chi connectivity index (χ3n) is 4.69. The number of rotatable bonds is 5. The number of halogens is 2. The predicted molar refractivity (Wildman–Crippen MR) is 125 cm³/mol. The van der Waals surface area contributed by atoms with Crippen molar-refractivity contribution in [2.24, 2.45) is 4.99 Å². The molecule has 28 heavy (non-hydrogen) atoms. The van der Waals surface area contributed by atoms with E-state index in [1.807, 2.05) is 18.2 Å². The number of nitrogens with zero attached hydrogens (tertiary/aromatic N) is 2. The number of aromatic nitrogens is 1. The summed E-state index contributed by atoms with van der Waals surface area (Å²) in [6.07, 6.45) is 1.81. The van der Waals surface area contributed by atoms with Crippen molar-refractivity contribution in [3.63, 3.8) is 0 Å². The highest BCUT2D eigenvalue weighted by molar-refractivity contribution is 14.0. The van der Waals surface area contributed by atoms with Crippen LogP contribution in [-0.4, -0.2) is 24.5 Å². The molecule has 3 rings (SSSR count). The minimum Gasteiger partial charge on any atom is -0.356 e. The van der Waals surface area contributed by atoms with Crippen LogP contribution in [0.25, 0.3) is 10.9 Å². The quantitative estimate of drug-likeness (QED) is 0.310. The van der Waals surface area contributed by atoms with Crippen LogP contribution in [0.5, 0.6) is 0 Å². The first-order valence-electron chi connectivity index (χ1n) is 9.03. The van der Waals surface area contributed by atoms with Crippen LogP contribution >= 0.6 is 24.0 Å². The molecular formula is C22H26FIN4. The zero-order valence-electron chi connectivity index (χ0n) is 16.4. The smallest absolute Gasteiger partial charge is 0.191 e. The molecule has 2 N–H and O–H groups in total. The number of aliphatic imine (C=N–C) groups is 1. The van der Waals surface area contributed by atoms with Crippen LogP contribution in [0.2, 0.25) is 0 Å². The monoisotopic (exact) mass is 492 g/mol. The second kappa shape index (κ2) is 9.82. The van der Waals surface area contributed by atoms with E-state index in [4.69, 9.17) is 0 Å². The molecule has 0 unspecified atom stereocenters. The second-order valence-corrected chi connectivity index (χ2v) is 7.17. The van der Waals surface area contributed by atoms with Crippen molar-refractivity contribution in [3.05, 3.63) is 77.7 Å².